The molecule has 1 heterocycles. The van der Waals surface area contributed by atoms with Crippen LogP contribution in [0, 0.1) is 0 Å². The van der Waals surface area contributed by atoms with Crippen molar-refractivity contribution in [2.75, 3.05) is 0 Å². The van der Waals surface area contributed by atoms with Gasteiger partial charge in [0.05, 0.1) is 17.2 Å². The molecule has 7 nitrogen and oxygen atoms in total. The fourth-order valence-corrected chi connectivity index (χ4v) is 1.88. The summed E-state index contributed by atoms with van der Waals surface area (Å²) in [5.74, 6) is -1.69. The van der Waals surface area contributed by atoms with Crippen LogP contribution in [0.4, 0.5) is 0 Å². The summed E-state index contributed by atoms with van der Waals surface area (Å²) in [6.07, 6.45) is 1.29. The Morgan fingerprint density at radius 2 is 1.95 bits per heavy atom. The molecule has 0 aliphatic carbocycles. The zero-order valence-corrected chi connectivity index (χ0v) is 11.6. The second-order valence-corrected chi connectivity index (χ2v) is 4.72. The number of aromatic nitrogens is 2. The first-order valence-electron chi connectivity index (χ1n) is 6.41. The van der Waals surface area contributed by atoms with Crippen molar-refractivity contribution in [2.45, 2.75) is 25.9 Å². The van der Waals surface area contributed by atoms with E-state index in [1.165, 1.54) is 24.7 Å². The minimum absolute atomic E-state index is 0.341. The number of hydrogen-bond donors (Lipinski definition) is 2. The van der Waals surface area contributed by atoms with Gasteiger partial charge < -0.3 is 10.4 Å². The zero-order chi connectivity index (χ0) is 15.6. The van der Waals surface area contributed by atoms with Gasteiger partial charge in [-0.3, -0.25) is 19.0 Å². The van der Waals surface area contributed by atoms with E-state index in [0.29, 0.717) is 10.9 Å². The van der Waals surface area contributed by atoms with E-state index in [9.17, 15) is 14.4 Å². The van der Waals surface area contributed by atoms with Gasteiger partial charge in [0.25, 0.3) is 5.56 Å². The zero-order valence-electron chi connectivity index (χ0n) is 11.6. The summed E-state index contributed by atoms with van der Waals surface area (Å²) in [6.45, 7) is 2.87. The topological polar surface area (TPSA) is 101 Å². The summed E-state index contributed by atoms with van der Waals surface area (Å²) >= 11 is 0. The Labute approximate surface area is 120 Å². The third-order valence-corrected chi connectivity index (χ3v) is 3.22. The fourth-order valence-electron chi connectivity index (χ4n) is 1.88. The number of fused-ring (bicyclic) bond motifs is 1. The van der Waals surface area contributed by atoms with Crippen molar-refractivity contribution in [1.29, 1.82) is 0 Å². The molecule has 0 aliphatic rings. The van der Waals surface area contributed by atoms with Gasteiger partial charge in [-0.05, 0) is 26.0 Å². The highest BCUT2D eigenvalue weighted by molar-refractivity contribution is 5.86. The van der Waals surface area contributed by atoms with Gasteiger partial charge in [0, 0.05) is 0 Å². The summed E-state index contributed by atoms with van der Waals surface area (Å²) in [5.41, 5.74) is 0.205. The second kappa shape index (κ2) is 5.74. The van der Waals surface area contributed by atoms with E-state index < -0.39 is 24.0 Å². The molecule has 2 rings (SSSR count). The van der Waals surface area contributed by atoms with Crippen LogP contribution in [0.15, 0.2) is 35.4 Å². The van der Waals surface area contributed by atoms with Crippen LogP contribution in [-0.2, 0) is 9.59 Å². The van der Waals surface area contributed by atoms with E-state index in [2.05, 4.69) is 10.3 Å². The first-order valence-corrected chi connectivity index (χ1v) is 6.41. The number of carbonyl (C=O) groups is 2. The molecule has 0 spiro atoms. The number of aliphatic carboxylic acids is 1. The Kier molecular flexibility index (Phi) is 4.02. The fraction of sp³-hybridized carbons (Fsp3) is 0.286. The van der Waals surface area contributed by atoms with Gasteiger partial charge in [0.1, 0.15) is 12.1 Å². The lowest BCUT2D eigenvalue weighted by Gasteiger charge is -2.17. The number of amides is 1. The lowest BCUT2D eigenvalue weighted by atomic mass is 10.2. The third kappa shape index (κ3) is 2.91. The summed E-state index contributed by atoms with van der Waals surface area (Å²) in [5, 5.41) is 11.5. The molecule has 0 saturated heterocycles. The van der Waals surface area contributed by atoms with E-state index in [1.54, 1.807) is 24.3 Å². The number of nitrogens with zero attached hydrogens (tertiary/aromatic N) is 2. The highest BCUT2D eigenvalue weighted by atomic mass is 16.4. The van der Waals surface area contributed by atoms with Crippen LogP contribution in [0.1, 0.15) is 19.9 Å². The van der Waals surface area contributed by atoms with E-state index in [4.69, 9.17) is 5.11 Å². The number of rotatable bonds is 4. The van der Waals surface area contributed by atoms with Crippen molar-refractivity contribution in [3.63, 3.8) is 0 Å². The highest BCUT2D eigenvalue weighted by Crippen LogP contribution is 2.08. The minimum atomic E-state index is -1.14. The molecule has 1 aromatic carbocycles. The van der Waals surface area contributed by atoms with E-state index >= 15 is 0 Å². The Bertz CT molecular complexity index is 753. The number of nitrogens with one attached hydrogen (secondary N) is 1. The SMILES string of the molecule is C[C@H](C(=O)N[C@H](C)C(=O)O)n1cnc2ccccc2c1=O. The molecule has 2 aromatic rings. The Hall–Kier alpha value is -2.70. The first-order chi connectivity index (χ1) is 9.91. The molecule has 0 bridgehead atoms. The average Bonchev–Trinajstić information content (AvgIpc) is 2.47. The smallest absolute Gasteiger partial charge is 0.325 e. The number of hydrogen-bond acceptors (Lipinski definition) is 4. The summed E-state index contributed by atoms with van der Waals surface area (Å²) < 4.78 is 1.19. The predicted octanol–water partition coefficient (Wildman–Crippen LogP) is 0.547. The maximum absolute atomic E-state index is 12.3. The van der Waals surface area contributed by atoms with Crippen molar-refractivity contribution in [2.24, 2.45) is 0 Å². The van der Waals surface area contributed by atoms with Gasteiger partial charge in [-0.2, -0.15) is 0 Å². The van der Waals surface area contributed by atoms with Gasteiger partial charge in [-0.1, -0.05) is 12.1 Å². The molecular weight excluding hydrogens is 274 g/mol. The standard InChI is InChI=1S/C14H15N3O4/c1-8(14(20)21)16-12(18)9(2)17-7-15-11-6-4-3-5-10(11)13(17)19/h3-9H,1-2H3,(H,16,18)(H,20,21)/t8-,9-/m1/s1. The molecule has 0 radical (unpaired) electrons. The molecule has 110 valence electrons. The number of benzene rings is 1. The molecule has 2 atom stereocenters. The van der Waals surface area contributed by atoms with Gasteiger partial charge in [0.15, 0.2) is 0 Å². The number of para-hydroxylation sites is 1. The van der Waals surface area contributed by atoms with Crippen LogP contribution in [0.5, 0.6) is 0 Å². The van der Waals surface area contributed by atoms with Crippen molar-refractivity contribution < 1.29 is 14.7 Å². The number of carboxylic acids is 1. The van der Waals surface area contributed by atoms with Crippen LogP contribution in [0.2, 0.25) is 0 Å². The molecule has 2 N–H and O–H groups in total. The molecule has 21 heavy (non-hydrogen) atoms. The molecule has 0 aliphatic heterocycles. The Balaban J connectivity index is 2.33. The van der Waals surface area contributed by atoms with Crippen molar-refractivity contribution >= 4 is 22.8 Å². The van der Waals surface area contributed by atoms with Crippen LogP contribution >= 0.6 is 0 Å². The summed E-state index contributed by atoms with van der Waals surface area (Å²) in [7, 11) is 0. The van der Waals surface area contributed by atoms with E-state index in [0.717, 1.165) is 0 Å². The van der Waals surface area contributed by atoms with Gasteiger partial charge in [-0.15, -0.1) is 0 Å². The molecule has 0 saturated carbocycles. The van der Waals surface area contributed by atoms with Crippen LogP contribution in [0.25, 0.3) is 10.9 Å². The van der Waals surface area contributed by atoms with Gasteiger partial charge in [0.2, 0.25) is 5.91 Å². The summed E-state index contributed by atoms with van der Waals surface area (Å²) in [6, 6.07) is 4.95. The van der Waals surface area contributed by atoms with E-state index in [-0.39, 0.29) is 5.56 Å². The maximum atomic E-state index is 12.3. The third-order valence-electron chi connectivity index (χ3n) is 3.22. The molecular formula is C14H15N3O4. The van der Waals surface area contributed by atoms with Crippen LogP contribution in [-0.4, -0.2) is 32.6 Å². The lowest BCUT2D eigenvalue weighted by Crippen LogP contribution is -2.43. The minimum Gasteiger partial charge on any atom is -0.480 e. The highest BCUT2D eigenvalue weighted by Gasteiger charge is 2.21. The Morgan fingerprint density at radius 1 is 1.29 bits per heavy atom. The largest absolute Gasteiger partial charge is 0.480 e. The molecule has 7 heteroatoms. The quantitative estimate of drug-likeness (QED) is 0.855. The number of carboxylic acid groups (broad SMARTS) is 1. The molecule has 1 aromatic heterocycles. The monoisotopic (exact) mass is 289 g/mol. The number of carbonyl (C=O) groups excluding carboxylic acids is 1. The maximum Gasteiger partial charge on any atom is 0.325 e. The Morgan fingerprint density at radius 3 is 2.62 bits per heavy atom. The summed E-state index contributed by atoms with van der Waals surface area (Å²) in [4.78, 5) is 39.2. The van der Waals surface area contributed by atoms with E-state index in [1.807, 2.05) is 0 Å². The first kappa shape index (κ1) is 14.7. The molecule has 0 unspecified atom stereocenters. The van der Waals surface area contributed by atoms with Crippen LogP contribution in [0.3, 0.4) is 0 Å². The normalized spacial score (nSPS) is 13.6. The second-order valence-electron chi connectivity index (χ2n) is 4.72. The van der Waals surface area contributed by atoms with Crippen molar-refractivity contribution in [1.82, 2.24) is 14.9 Å². The van der Waals surface area contributed by atoms with Gasteiger partial charge in [-0.25, -0.2) is 4.98 Å². The lowest BCUT2D eigenvalue weighted by molar-refractivity contribution is -0.141. The average molecular weight is 289 g/mol. The molecule has 0 fully saturated rings. The van der Waals surface area contributed by atoms with Crippen molar-refractivity contribution in [3.05, 3.63) is 40.9 Å². The van der Waals surface area contributed by atoms with Crippen LogP contribution < -0.4 is 10.9 Å². The predicted molar refractivity (Wildman–Crippen MR) is 76.0 cm³/mol. The van der Waals surface area contributed by atoms with Crippen molar-refractivity contribution in [3.8, 4) is 0 Å². The molecule has 1 amide bonds. The van der Waals surface area contributed by atoms with Gasteiger partial charge >= 0.3 is 5.97 Å².